The fourth-order valence-electron chi connectivity index (χ4n) is 1.32. The van der Waals surface area contributed by atoms with Gasteiger partial charge in [0.05, 0.1) is 0 Å². The van der Waals surface area contributed by atoms with Crippen molar-refractivity contribution in [3.05, 3.63) is 23.8 Å². The van der Waals surface area contributed by atoms with Crippen molar-refractivity contribution in [3.8, 4) is 0 Å². The van der Waals surface area contributed by atoms with Crippen LogP contribution in [0.25, 0.3) is 0 Å². The fraction of sp³-hybridized carbons (Fsp3) is 0.615. The molecule has 15 heavy (non-hydrogen) atoms. The normalized spacial score (nSPS) is 12.3. The van der Waals surface area contributed by atoms with Gasteiger partial charge in [0.15, 0.2) is 0 Å². The molecule has 0 saturated heterocycles. The zero-order valence-electron chi connectivity index (χ0n) is 9.83. The molecule has 2 heteroatoms. The van der Waals surface area contributed by atoms with E-state index in [1.54, 1.807) is 6.08 Å². The number of hydrogen-bond donors (Lipinski definition) is 1. The zero-order chi connectivity index (χ0) is 11.5. The van der Waals surface area contributed by atoms with Crippen molar-refractivity contribution in [1.29, 1.82) is 0 Å². The predicted octanol–water partition coefficient (Wildman–Crippen LogP) is 3.93. The van der Waals surface area contributed by atoms with E-state index in [0.717, 1.165) is 12.8 Å². The molecule has 0 aliphatic heterocycles. The first-order valence-electron chi connectivity index (χ1n) is 5.81. The number of rotatable bonds is 8. The van der Waals surface area contributed by atoms with Gasteiger partial charge in [-0.3, -0.25) is 0 Å². The summed E-state index contributed by atoms with van der Waals surface area (Å²) in [5.41, 5.74) is 0.504. The van der Waals surface area contributed by atoms with Crippen LogP contribution in [0.2, 0.25) is 0 Å². The Balaban J connectivity index is 3.92. The minimum atomic E-state index is -0.796. The second kappa shape index (κ2) is 9.50. The van der Waals surface area contributed by atoms with Gasteiger partial charge in [-0.25, -0.2) is 4.79 Å². The largest absolute Gasteiger partial charge is 0.478 e. The SMILES string of the molecule is CCCCC/C=C\C=C(/CCC)C(=O)O. The average Bonchev–Trinajstić information content (AvgIpc) is 2.21. The molecule has 0 radical (unpaired) electrons. The summed E-state index contributed by atoms with van der Waals surface area (Å²) in [7, 11) is 0. The molecule has 0 rings (SSSR count). The van der Waals surface area contributed by atoms with E-state index in [1.165, 1.54) is 19.3 Å². The van der Waals surface area contributed by atoms with Crippen LogP contribution >= 0.6 is 0 Å². The van der Waals surface area contributed by atoms with Crippen molar-refractivity contribution in [2.24, 2.45) is 0 Å². The summed E-state index contributed by atoms with van der Waals surface area (Å²) in [4.78, 5) is 10.8. The Morgan fingerprint density at radius 2 is 1.93 bits per heavy atom. The molecule has 0 atom stereocenters. The van der Waals surface area contributed by atoms with Gasteiger partial charge in [-0.05, 0) is 19.3 Å². The highest BCUT2D eigenvalue weighted by atomic mass is 16.4. The molecule has 0 unspecified atom stereocenters. The third kappa shape index (κ3) is 7.98. The number of aliphatic carboxylic acids is 1. The lowest BCUT2D eigenvalue weighted by Gasteiger charge is -1.96. The molecule has 2 nitrogen and oxygen atoms in total. The third-order valence-electron chi connectivity index (χ3n) is 2.20. The number of unbranched alkanes of at least 4 members (excludes halogenated alkanes) is 3. The summed E-state index contributed by atoms with van der Waals surface area (Å²) in [6.45, 7) is 4.16. The van der Waals surface area contributed by atoms with Gasteiger partial charge in [0.25, 0.3) is 0 Å². The summed E-state index contributed by atoms with van der Waals surface area (Å²) < 4.78 is 0. The van der Waals surface area contributed by atoms with E-state index in [9.17, 15) is 4.79 Å². The minimum Gasteiger partial charge on any atom is -0.478 e. The molecule has 0 aromatic carbocycles. The van der Waals surface area contributed by atoms with Crippen LogP contribution in [0.15, 0.2) is 23.8 Å². The molecule has 1 N–H and O–H groups in total. The van der Waals surface area contributed by atoms with Crippen LogP contribution in [0, 0.1) is 0 Å². The van der Waals surface area contributed by atoms with Crippen LogP contribution in [0.4, 0.5) is 0 Å². The standard InChI is InChI=1S/C13H22O2/c1-3-5-6-7-8-9-11-12(10-4-2)13(14)15/h8-9,11H,3-7,10H2,1-2H3,(H,14,15)/b9-8-,12-11+. The van der Waals surface area contributed by atoms with Gasteiger partial charge in [-0.1, -0.05) is 51.3 Å². The number of carboxylic acid groups (broad SMARTS) is 1. The maximum absolute atomic E-state index is 10.8. The monoisotopic (exact) mass is 210 g/mol. The average molecular weight is 210 g/mol. The molecule has 0 aromatic heterocycles. The van der Waals surface area contributed by atoms with Gasteiger partial charge >= 0.3 is 5.97 Å². The Morgan fingerprint density at radius 1 is 1.20 bits per heavy atom. The molecular weight excluding hydrogens is 188 g/mol. The van der Waals surface area contributed by atoms with Gasteiger partial charge in [-0.15, -0.1) is 0 Å². The Bertz CT molecular complexity index is 227. The maximum Gasteiger partial charge on any atom is 0.331 e. The molecule has 0 bridgehead atoms. The molecular formula is C13H22O2. The molecule has 0 heterocycles. The van der Waals surface area contributed by atoms with Crippen LogP contribution in [0.5, 0.6) is 0 Å². The lowest BCUT2D eigenvalue weighted by molar-refractivity contribution is -0.132. The summed E-state index contributed by atoms with van der Waals surface area (Å²) in [5.74, 6) is -0.796. The Labute approximate surface area is 92.7 Å². The van der Waals surface area contributed by atoms with E-state index >= 15 is 0 Å². The van der Waals surface area contributed by atoms with Crippen LogP contribution in [0.3, 0.4) is 0 Å². The van der Waals surface area contributed by atoms with Gasteiger partial charge < -0.3 is 5.11 Å². The molecule has 0 fully saturated rings. The first-order valence-corrected chi connectivity index (χ1v) is 5.81. The third-order valence-corrected chi connectivity index (χ3v) is 2.20. The van der Waals surface area contributed by atoms with Crippen LogP contribution in [-0.2, 0) is 4.79 Å². The van der Waals surface area contributed by atoms with Crippen molar-refractivity contribution < 1.29 is 9.90 Å². The van der Waals surface area contributed by atoms with Crippen molar-refractivity contribution in [2.75, 3.05) is 0 Å². The van der Waals surface area contributed by atoms with Crippen LogP contribution in [0.1, 0.15) is 52.4 Å². The molecule has 0 aliphatic rings. The van der Waals surface area contributed by atoms with Crippen molar-refractivity contribution in [2.45, 2.75) is 52.4 Å². The minimum absolute atomic E-state index is 0.504. The zero-order valence-corrected chi connectivity index (χ0v) is 9.83. The summed E-state index contributed by atoms with van der Waals surface area (Å²) in [5, 5.41) is 8.84. The van der Waals surface area contributed by atoms with E-state index in [2.05, 4.69) is 6.92 Å². The van der Waals surface area contributed by atoms with Gasteiger partial charge in [0, 0.05) is 5.57 Å². The van der Waals surface area contributed by atoms with Crippen molar-refractivity contribution in [3.63, 3.8) is 0 Å². The summed E-state index contributed by atoms with van der Waals surface area (Å²) >= 11 is 0. The van der Waals surface area contributed by atoms with E-state index < -0.39 is 5.97 Å². The summed E-state index contributed by atoms with van der Waals surface area (Å²) in [6.07, 6.45) is 11.9. The lowest BCUT2D eigenvalue weighted by atomic mass is 10.1. The van der Waals surface area contributed by atoms with Gasteiger partial charge in [0.2, 0.25) is 0 Å². The highest BCUT2D eigenvalue weighted by Crippen LogP contribution is 2.06. The Morgan fingerprint density at radius 3 is 2.47 bits per heavy atom. The Hall–Kier alpha value is -1.05. The number of hydrogen-bond acceptors (Lipinski definition) is 1. The fourth-order valence-corrected chi connectivity index (χ4v) is 1.32. The van der Waals surface area contributed by atoms with Crippen molar-refractivity contribution in [1.82, 2.24) is 0 Å². The molecule has 0 spiro atoms. The highest BCUT2D eigenvalue weighted by molar-refractivity contribution is 5.86. The highest BCUT2D eigenvalue weighted by Gasteiger charge is 2.02. The van der Waals surface area contributed by atoms with Crippen LogP contribution < -0.4 is 0 Å². The number of allylic oxidation sites excluding steroid dienone is 3. The van der Waals surface area contributed by atoms with Gasteiger partial charge in [0.1, 0.15) is 0 Å². The Kier molecular flexibility index (Phi) is 8.84. The van der Waals surface area contributed by atoms with Gasteiger partial charge in [-0.2, -0.15) is 0 Å². The molecule has 0 aromatic rings. The quantitative estimate of drug-likeness (QED) is 0.374. The molecule has 0 aliphatic carbocycles. The molecule has 0 amide bonds. The van der Waals surface area contributed by atoms with Crippen molar-refractivity contribution >= 4 is 5.97 Å². The number of carboxylic acids is 1. The van der Waals surface area contributed by atoms with Crippen LogP contribution in [-0.4, -0.2) is 11.1 Å². The predicted molar refractivity (Wildman–Crippen MR) is 63.9 cm³/mol. The second-order valence-corrected chi connectivity index (χ2v) is 3.67. The first kappa shape index (κ1) is 13.9. The summed E-state index contributed by atoms with van der Waals surface area (Å²) in [6, 6.07) is 0. The van der Waals surface area contributed by atoms with E-state index in [0.29, 0.717) is 12.0 Å². The maximum atomic E-state index is 10.8. The van der Waals surface area contributed by atoms with E-state index in [4.69, 9.17) is 5.11 Å². The lowest BCUT2D eigenvalue weighted by Crippen LogP contribution is -1.99. The second-order valence-electron chi connectivity index (χ2n) is 3.67. The number of carbonyl (C=O) groups is 1. The van der Waals surface area contributed by atoms with E-state index in [-0.39, 0.29) is 0 Å². The van der Waals surface area contributed by atoms with E-state index in [1.807, 2.05) is 19.1 Å². The molecule has 0 saturated carbocycles. The topological polar surface area (TPSA) is 37.3 Å². The smallest absolute Gasteiger partial charge is 0.331 e. The molecule has 86 valence electrons. The first-order chi connectivity index (χ1) is 7.22.